The van der Waals surface area contributed by atoms with E-state index >= 15 is 0 Å². The standard InChI is InChI=1S/C12H15NO3/c1-15-12(14)11-9(6-7-16-11)8-13-10-4-2-3-5-10/h2-3,6-7,10,13H,4-5,8H2,1H3. The smallest absolute Gasteiger partial charge is 0.374 e. The molecule has 0 aromatic carbocycles. The molecular formula is C12H15NO3. The van der Waals surface area contributed by atoms with Crippen LogP contribution in [0, 0.1) is 0 Å². The lowest BCUT2D eigenvalue weighted by atomic mass is 10.2. The first-order valence-electron chi connectivity index (χ1n) is 5.34. The molecule has 0 atom stereocenters. The Hall–Kier alpha value is -1.55. The highest BCUT2D eigenvalue weighted by Crippen LogP contribution is 2.14. The van der Waals surface area contributed by atoms with E-state index in [-0.39, 0.29) is 0 Å². The molecule has 0 spiro atoms. The summed E-state index contributed by atoms with van der Waals surface area (Å²) in [7, 11) is 1.35. The molecule has 0 bridgehead atoms. The molecule has 4 heteroatoms. The van der Waals surface area contributed by atoms with Gasteiger partial charge in [0.25, 0.3) is 0 Å². The van der Waals surface area contributed by atoms with E-state index in [0.717, 1.165) is 18.4 Å². The van der Waals surface area contributed by atoms with Crippen LogP contribution in [0.25, 0.3) is 0 Å². The van der Waals surface area contributed by atoms with Gasteiger partial charge in [-0.1, -0.05) is 12.2 Å². The molecule has 86 valence electrons. The van der Waals surface area contributed by atoms with E-state index in [0.29, 0.717) is 18.3 Å². The topological polar surface area (TPSA) is 51.5 Å². The van der Waals surface area contributed by atoms with E-state index in [9.17, 15) is 4.79 Å². The Morgan fingerprint density at radius 3 is 3.00 bits per heavy atom. The molecule has 0 amide bonds. The first kappa shape index (κ1) is 11.0. The van der Waals surface area contributed by atoms with Crippen LogP contribution in [0.2, 0.25) is 0 Å². The number of hydrogen-bond acceptors (Lipinski definition) is 4. The maximum atomic E-state index is 11.3. The Morgan fingerprint density at radius 2 is 2.31 bits per heavy atom. The van der Waals surface area contributed by atoms with Crippen LogP contribution in [0.4, 0.5) is 0 Å². The van der Waals surface area contributed by atoms with Crippen molar-refractivity contribution in [3.8, 4) is 0 Å². The van der Waals surface area contributed by atoms with Crippen LogP contribution in [0.1, 0.15) is 29.0 Å². The number of carbonyl (C=O) groups is 1. The summed E-state index contributed by atoms with van der Waals surface area (Å²) < 4.78 is 9.74. The largest absolute Gasteiger partial charge is 0.463 e. The van der Waals surface area contributed by atoms with Gasteiger partial charge < -0.3 is 14.5 Å². The molecule has 0 fully saturated rings. The molecule has 1 aliphatic carbocycles. The van der Waals surface area contributed by atoms with E-state index in [1.165, 1.54) is 13.4 Å². The van der Waals surface area contributed by atoms with E-state index in [2.05, 4.69) is 22.2 Å². The van der Waals surface area contributed by atoms with Crippen molar-refractivity contribution < 1.29 is 13.9 Å². The number of furan rings is 1. The Bertz CT molecular complexity index is 387. The summed E-state index contributed by atoms with van der Waals surface area (Å²) in [5.74, 6) is -0.132. The second kappa shape index (κ2) is 4.99. The van der Waals surface area contributed by atoms with Crippen molar-refractivity contribution in [2.75, 3.05) is 7.11 Å². The number of carbonyl (C=O) groups excluding carboxylic acids is 1. The second-order valence-electron chi connectivity index (χ2n) is 3.79. The van der Waals surface area contributed by atoms with Gasteiger partial charge in [0.1, 0.15) is 0 Å². The van der Waals surface area contributed by atoms with Gasteiger partial charge in [-0.05, 0) is 18.9 Å². The summed E-state index contributed by atoms with van der Waals surface area (Å²) in [6.07, 6.45) is 7.93. The molecule has 1 heterocycles. The molecular weight excluding hydrogens is 206 g/mol. The average molecular weight is 221 g/mol. The predicted octanol–water partition coefficient (Wildman–Crippen LogP) is 1.87. The van der Waals surface area contributed by atoms with Gasteiger partial charge in [-0.15, -0.1) is 0 Å². The van der Waals surface area contributed by atoms with Gasteiger partial charge >= 0.3 is 5.97 Å². The highest BCUT2D eigenvalue weighted by Gasteiger charge is 2.17. The Morgan fingerprint density at radius 1 is 1.56 bits per heavy atom. The number of methoxy groups -OCH3 is 1. The maximum Gasteiger partial charge on any atom is 0.374 e. The fraction of sp³-hybridized carbons (Fsp3) is 0.417. The zero-order valence-corrected chi connectivity index (χ0v) is 9.23. The lowest BCUT2D eigenvalue weighted by Crippen LogP contribution is -2.26. The molecule has 1 aromatic rings. The minimum absolute atomic E-state index is 0.293. The second-order valence-corrected chi connectivity index (χ2v) is 3.79. The van der Waals surface area contributed by atoms with Crippen LogP contribution in [0.3, 0.4) is 0 Å². The molecule has 0 aliphatic heterocycles. The van der Waals surface area contributed by atoms with Crippen LogP contribution < -0.4 is 5.32 Å². The molecule has 1 aliphatic rings. The van der Waals surface area contributed by atoms with Crippen LogP contribution in [-0.2, 0) is 11.3 Å². The lowest BCUT2D eigenvalue weighted by Gasteiger charge is -2.11. The highest BCUT2D eigenvalue weighted by atomic mass is 16.5. The van der Waals surface area contributed by atoms with E-state index in [1.54, 1.807) is 6.07 Å². The summed E-state index contributed by atoms with van der Waals surface area (Å²) >= 11 is 0. The summed E-state index contributed by atoms with van der Waals surface area (Å²) in [6.45, 7) is 0.632. The average Bonchev–Trinajstić information content (AvgIpc) is 2.96. The number of hydrogen-bond donors (Lipinski definition) is 1. The van der Waals surface area contributed by atoms with Crippen molar-refractivity contribution in [3.63, 3.8) is 0 Å². The van der Waals surface area contributed by atoms with Crippen molar-refractivity contribution >= 4 is 5.97 Å². The number of esters is 1. The maximum absolute atomic E-state index is 11.3. The Labute approximate surface area is 94.3 Å². The van der Waals surface area contributed by atoms with Crippen molar-refractivity contribution in [1.29, 1.82) is 0 Å². The number of rotatable bonds is 4. The van der Waals surface area contributed by atoms with Crippen LogP contribution in [-0.4, -0.2) is 19.1 Å². The summed E-state index contributed by atoms with van der Waals surface area (Å²) in [5.41, 5.74) is 0.846. The van der Waals surface area contributed by atoms with Crippen molar-refractivity contribution in [2.24, 2.45) is 0 Å². The van der Waals surface area contributed by atoms with Crippen molar-refractivity contribution in [2.45, 2.75) is 25.4 Å². The lowest BCUT2D eigenvalue weighted by molar-refractivity contribution is 0.0563. The molecule has 1 N–H and O–H groups in total. The molecule has 0 unspecified atom stereocenters. The quantitative estimate of drug-likeness (QED) is 0.623. The molecule has 4 nitrogen and oxygen atoms in total. The highest BCUT2D eigenvalue weighted by molar-refractivity contribution is 5.87. The third-order valence-electron chi connectivity index (χ3n) is 2.71. The van der Waals surface area contributed by atoms with Gasteiger partial charge in [0.15, 0.2) is 0 Å². The Balaban J connectivity index is 1.93. The van der Waals surface area contributed by atoms with Crippen LogP contribution in [0.5, 0.6) is 0 Å². The van der Waals surface area contributed by atoms with Crippen LogP contribution in [0.15, 0.2) is 28.9 Å². The van der Waals surface area contributed by atoms with E-state index < -0.39 is 5.97 Å². The molecule has 1 aromatic heterocycles. The predicted molar refractivity (Wildman–Crippen MR) is 59.0 cm³/mol. The van der Waals surface area contributed by atoms with Gasteiger partial charge in [-0.2, -0.15) is 0 Å². The van der Waals surface area contributed by atoms with Gasteiger partial charge in [-0.25, -0.2) is 4.79 Å². The third kappa shape index (κ3) is 2.33. The summed E-state index contributed by atoms with van der Waals surface area (Å²) in [5, 5.41) is 3.37. The molecule has 2 rings (SSSR count). The first-order chi connectivity index (χ1) is 7.81. The van der Waals surface area contributed by atoms with Crippen LogP contribution >= 0.6 is 0 Å². The van der Waals surface area contributed by atoms with Gasteiger partial charge in [0, 0.05) is 18.2 Å². The Kier molecular flexibility index (Phi) is 3.41. The van der Waals surface area contributed by atoms with E-state index in [4.69, 9.17) is 4.42 Å². The van der Waals surface area contributed by atoms with Gasteiger partial charge in [-0.3, -0.25) is 0 Å². The van der Waals surface area contributed by atoms with Gasteiger partial charge in [0.05, 0.1) is 13.4 Å². The normalized spacial score (nSPS) is 15.6. The third-order valence-corrected chi connectivity index (χ3v) is 2.71. The SMILES string of the molecule is COC(=O)c1occc1CNC1CC=CC1. The molecule has 0 saturated heterocycles. The van der Waals surface area contributed by atoms with Gasteiger partial charge in [0.2, 0.25) is 5.76 Å². The van der Waals surface area contributed by atoms with Crippen molar-refractivity contribution in [1.82, 2.24) is 5.32 Å². The fourth-order valence-corrected chi connectivity index (χ4v) is 1.78. The summed E-state index contributed by atoms with van der Waals surface area (Å²) in [6, 6.07) is 2.27. The summed E-state index contributed by atoms with van der Waals surface area (Å²) in [4.78, 5) is 11.3. The number of nitrogens with one attached hydrogen (secondary N) is 1. The zero-order valence-electron chi connectivity index (χ0n) is 9.23. The molecule has 0 radical (unpaired) electrons. The monoisotopic (exact) mass is 221 g/mol. The minimum atomic E-state index is -0.425. The zero-order chi connectivity index (χ0) is 11.4. The first-order valence-corrected chi connectivity index (χ1v) is 5.34. The molecule has 16 heavy (non-hydrogen) atoms. The minimum Gasteiger partial charge on any atom is -0.463 e. The molecule has 0 saturated carbocycles. The fourth-order valence-electron chi connectivity index (χ4n) is 1.78. The van der Waals surface area contributed by atoms with Crippen molar-refractivity contribution in [3.05, 3.63) is 35.8 Å². The van der Waals surface area contributed by atoms with E-state index in [1.807, 2.05) is 0 Å². The number of ether oxygens (including phenoxy) is 1.